The number of benzene rings is 1. The van der Waals surface area contributed by atoms with Gasteiger partial charge in [-0.2, -0.15) is 13.2 Å². The van der Waals surface area contributed by atoms with Crippen molar-refractivity contribution in [3.8, 4) is 0 Å². The van der Waals surface area contributed by atoms with Gasteiger partial charge >= 0.3 is 12.1 Å². The fourth-order valence-corrected chi connectivity index (χ4v) is 1.86. The summed E-state index contributed by atoms with van der Waals surface area (Å²) in [5.74, 6) is -1.05. The van der Waals surface area contributed by atoms with E-state index in [1.807, 2.05) is 0 Å². The zero-order chi connectivity index (χ0) is 14.8. The summed E-state index contributed by atoms with van der Waals surface area (Å²) in [5.41, 5.74) is 0.786. The van der Waals surface area contributed by atoms with Gasteiger partial charge in [-0.1, -0.05) is 6.07 Å². The van der Waals surface area contributed by atoms with Crippen molar-refractivity contribution in [2.45, 2.75) is 12.7 Å². The molecule has 1 heterocycles. The first-order chi connectivity index (χ1) is 9.37. The van der Waals surface area contributed by atoms with Gasteiger partial charge in [-0.25, -0.2) is 4.79 Å². The summed E-state index contributed by atoms with van der Waals surface area (Å²) in [6, 6.07) is 6.40. The van der Waals surface area contributed by atoms with E-state index in [1.165, 1.54) is 12.1 Å². The number of hydrogen-bond acceptors (Lipinski definition) is 2. The van der Waals surface area contributed by atoms with Crippen LogP contribution in [0.4, 0.5) is 13.2 Å². The Kier molecular flexibility index (Phi) is 3.99. The Balaban J connectivity index is 2.06. The van der Waals surface area contributed by atoms with Crippen molar-refractivity contribution in [2.24, 2.45) is 0 Å². The van der Waals surface area contributed by atoms with Gasteiger partial charge in [0.25, 0.3) is 0 Å². The molecule has 2 rings (SSSR count). The van der Waals surface area contributed by atoms with Crippen molar-refractivity contribution in [3.63, 3.8) is 0 Å². The number of nitrogens with zero attached hydrogens (tertiary/aromatic N) is 1. The van der Waals surface area contributed by atoms with E-state index in [2.05, 4.69) is 4.74 Å². The number of fused-ring (bicyclic) bond motifs is 1. The average Bonchev–Trinajstić information content (AvgIpc) is 2.76. The van der Waals surface area contributed by atoms with Crippen LogP contribution in [-0.4, -0.2) is 35.0 Å². The Morgan fingerprint density at radius 1 is 1.30 bits per heavy atom. The molecule has 4 nitrogen and oxygen atoms in total. The summed E-state index contributed by atoms with van der Waals surface area (Å²) in [4.78, 5) is 10.9. The van der Waals surface area contributed by atoms with Crippen molar-refractivity contribution >= 4 is 16.9 Å². The highest BCUT2D eigenvalue weighted by Crippen LogP contribution is 2.18. The number of aromatic nitrogens is 1. The monoisotopic (exact) mass is 287 g/mol. The molecule has 20 heavy (non-hydrogen) atoms. The summed E-state index contributed by atoms with van der Waals surface area (Å²) in [7, 11) is 0. The van der Waals surface area contributed by atoms with Crippen LogP contribution in [0, 0.1) is 0 Å². The molecule has 0 amide bonds. The Hall–Kier alpha value is -2.02. The lowest BCUT2D eigenvalue weighted by molar-refractivity contribution is -0.174. The van der Waals surface area contributed by atoms with Gasteiger partial charge in [0.2, 0.25) is 0 Å². The maximum atomic E-state index is 11.9. The third-order valence-electron chi connectivity index (χ3n) is 2.76. The summed E-state index contributed by atoms with van der Waals surface area (Å²) in [6.07, 6.45) is -2.65. The molecule has 0 saturated carbocycles. The summed E-state index contributed by atoms with van der Waals surface area (Å²) in [5, 5.41) is 9.74. The van der Waals surface area contributed by atoms with Crippen LogP contribution in [-0.2, 0) is 11.3 Å². The van der Waals surface area contributed by atoms with Crippen LogP contribution in [0.2, 0.25) is 0 Å². The van der Waals surface area contributed by atoms with Crippen LogP contribution in [0.5, 0.6) is 0 Å². The van der Waals surface area contributed by atoms with Crippen molar-refractivity contribution in [1.82, 2.24) is 4.57 Å². The molecule has 2 aromatic rings. The van der Waals surface area contributed by atoms with Gasteiger partial charge in [-0.15, -0.1) is 0 Å². The van der Waals surface area contributed by atoms with Gasteiger partial charge in [0.1, 0.15) is 6.61 Å². The molecule has 0 aliphatic carbocycles. The highest BCUT2D eigenvalue weighted by Gasteiger charge is 2.27. The molecule has 0 aliphatic rings. The number of alkyl halides is 3. The highest BCUT2D eigenvalue weighted by atomic mass is 19.4. The van der Waals surface area contributed by atoms with Gasteiger partial charge in [-0.05, 0) is 23.6 Å². The van der Waals surface area contributed by atoms with E-state index in [-0.39, 0.29) is 18.7 Å². The lowest BCUT2D eigenvalue weighted by Gasteiger charge is -2.09. The van der Waals surface area contributed by atoms with Crippen molar-refractivity contribution in [3.05, 3.63) is 36.0 Å². The molecule has 0 spiro atoms. The topological polar surface area (TPSA) is 51.5 Å². The van der Waals surface area contributed by atoms with Crippen LogP contribution < -0.4 is 0 Å². The first-order valence-electron chi connectivity index (χ1n) is 5.83. The lowest BCUT2D eigenvalue weighted by atomic mass is 10.2. The molecule has 0 saturated heterocycles. The summed E-state index contributed by atoms with van der Waals surface area (Å²) >= 11 is 0. The van der Waals surface area contributed by atoms with Gasteiger partial charge in [-0.3, -0.25) is 0 Å². The number of aromatic carboxylic acids is 1. The Morgan fingerprint density at radius 3 is 2.70 bits per heavy atom. The van der Waals surface area contributed by atoms with Crippen LogP contribution >= 0.6 is 0 Å². The zero-order valence-electron chi connectivity index (χ0n) is 10.4. The Labute approximate surface area is 112 Å². The van der Waals surface area contributed by atoms with Gasteiger partial charge in [0, 0.05) is 18.3 Å². The third-order valence-corrected chi connectivity index (χ3v) is 2.76. The maximum Gasteiger partial charge on any atom is 0.411 e. The number of halogens is 3. The number of carboxylic acid groups (broad SMARTS) is 1. The zero-order valence-corrected chi connectivity index (χ0v) is 10.4. The number of hydrogen-bond donors (Lipinski definition) is 1. The molecule has 1 aromatic heterocycles. The van der Waals surface area contributed by atoms with E-state index >= 15 is 0 Å². The van der Waals surface area contributed by atoms with Crippen LogP contribution in [0.3, 0.4) is 0 Å². The first-order valence-corrected chi connectivity index (χ1v) is 5.83. The Morgan fingerprint density at radius 2 is 2.05 bits per heavy atom. The molecule has 0 radical (unpaired) electrons. The molecule has 7 heteroatoms. The van der Waals surface area contributed by atoms with E-state index in [1.54, 1.807) is 22.9 Å². The number of rotatable bonds is 5. The summed E-state index contributed by atoms with van der Waals surface area (Å²) < 4.78 is 42.0. The first kappa shape index (κ1) is 14.4. The predicted octanol–water partition coefficient (Wildman–Crippen LogP) is 2.92. The normalized spacial score (nSPS) is 11.9. The van der Waals surface area contributed by atoms with Gasteiger partial charge in [0.05, 0.1) is 12.2 Å². The van der Waals surface area contributed by atoms with Crippen molar-refractivity contribution < 1.29 is 27.8 Å². The fraction of sp³-hybridized carbons (Fsp3) is 0.308. The second kappa shape index (κ2) is 5.54. The van der Waals surface area contributed by atoms with E-state index in [4.69, 9.17) is 5.11 Å². The molecule has 0 atom stereocenters. The van der Waals surface area contributed by atoms with Crippen LogP contribution in [0.15, 0.2) is 30.5 Å². The number of carboxylic acids is 1. The van der Waals surface area contributed by atoms with E-state index in [0.29, 0.717) is 5.52 Å². The molecule has 1 aromatic carbocycles. The molecule has 108 valence electrons. The van der Waals surface area contributed by atoms with E-state index in [9.17, 15) is 18.0 Å². The van der Waals surface area contributed by atoms with Crippen molar-refractivity contribution in [1.29, 1.82) is 0 Å². The average molecular weight is 287 g/mol. The minimum Gasteiger partial charge on any atom is -0.478 e. The van der Waals surface area contributed by atoms with Crippen molar-refractivity contribution in [2.75, 3.05) is 13.2 Å². The second-order valence-corrected chi connectivity index (χ2v) is 4.26. The van der Waals surface area contributed by atoms with Crippen LogP contribution in [0.25, 0.3) is 10.9 Å². The Bertz CT molecular complexity index is 619. The minimum absolute atomic E-state index is 0.0966. The number of carbonyl (C=O) groups is 1. The van der Waals surface area contributed by atoms with E-state index < -0.39 is 18.8 Å². The third kappa shape index (κ3) is 3.51. The molecular weight excluding hydrogens is 275 g/mol. The quantitative estimate of drug-likeness (QED) is 0.860. The molecule has 0 unspecified atom stereocenters. The highest BCUT2D eigenvalue weighted by molar-refractivity contribution is 5.93. The molecule has 1 N–H and O–H groups in total. The SMILES string of the molecule is O=C(O)c1ccc2ccn(CCOCC(F)(F)F)c2c1. The molecular formula is C13H12F3NO3. The fourth-order valence-electron chi connectivity index (χ4n) is 1.86. The van der Waals surface area contributed by atoms with Gasteiger partial charge in [0.15, 0.2) is 0 Å². The standard InChI is InChI=1S/C13H12F3NO3/c14-13(15,16)8-20-6-5-17-4-3-9-1-2-10(12(18)19)7-11(9)17/h1-4,7H,5-6,8H2,(H,18,19). The molecule has 0 bridgehead atoms. The van der Waals surface area contributed by atoms with E-state index in [0.717, 1.165) is 5.39 Å². The molecule has 0 aliphatic heterocycles. The second-order valence-electron chi connectivity index (χ2n) is 4.26. The van der Waals surface area contributed by atoms with Crippen LogP contribution in [0.1, 0.15) is 10.4 Å². The largest absolute Gasteiger partial charge is 0.478 e. The summed E-state index contributed by atoms with van der Waals surface area (Å²) in [6.45, 7) is -1.16. The lowest BCUT2D eigenvalue weighted by Crippen LogP contribution is -2.18. The predicted molar refractivity (Wildman–Crippen MR) is 65.8 cm³/mol. The van der Waals surface area contributed by atoms with Gasteiger partial charge < -0.3 is 14.4 Å². The minimum atomic E-state index is -4.34. The molecule has 0 fully saturated rings. The number of ether oxygens (including phenoxy) is 1. The maximum absolute atomic E-state index is 11.9. The smallest absolute Gasteiger partial charge is 0.411 e.